The first-order valence-corrected chi connectivity index (χ1v) is 12.5. The summed E-state index contributed by atoms with van der Waals surface area (Å²) in [6.45, 7) is 0. The van der Waals surface area contributed by atoms with Gasteiger partial charge in [-0.25, -0.2) is 9.59 Å². The number of terminal acetylenes is 2. The molecule has 0 aliphatic heterocycles. The molecule has 2 aromatic carbocycles. The average Bonchev–Trinajstić information content (AvgIpc) is 2.92. The van der Waals surface area contributed by atoms with Crippen LogP contribution in [-0.2, 0) is 0 Å². The second kappa shape index (κ2) is 11.2. The van der Waals surface area contributed by atoms with E-state index in [1.165, 1.54) is 24.3 Å². The van der Waals surface area contributed by atoms with Crippen molar-refractivity contribution >= 4 is 23.8 Å². The van der Waals surface area contributed by atoms with Gasteiger partial charge in [0.25, 0.3) is 11.8 Å². The number of carbonyl (C=O) groups is 4. The number of aromatic carboxylic acids is 2. The molecule has 2 aromatic rings. The minimum absolute atomic E-state index is 0.0518. The summed E-state index contributed by atoms with van der Waals surface area (Å²) in [5, 5.41) is 25.3. The molecule has 2 saturated carbocycles. The highest BCUT2D eigenvalue weighted by Gasteiger charge is 2.41. The number of carbonyl (C=O) groups excluding carboxylic acids is 2. The molecule has 0 spiro atoms. The van der Waals surface area contributed by atoms with E-state index in [9.17, 15) is 29.4 Å². The third kappa shape index (κ3) is 5.40. The van der Waals surface area contributed by atoms with Crippen molar-refractivity contribution < 1.29 is 29.4 Å². The largest absolute Gasteiger partial charge is 0.478 e. The van der Waals surface area contributed by atoms with Crippen LogP contribution in [-0.4, -0.2) is 46.0 Å². The summed E-state index contributed by atoms with van der Waals surface area (Å²) in [4.78, 5) is 49.8. The number of benzene rings is 2. The summed E-state index contributed by atoms with van der Waals surface area (Å²) in [5.74, 6) is 1.55. The van der Waals surface area contributed by atoms with Crippen LogP contribution >= 0.6 is 0 Å². The second-order valence-corrected chi connectivity index (χ2v) is 9.77. The lowest BCUT2D eigenvalue weighted by atomic mass is 9.66. The van der Waals surface area contributed by atoms with Gasteiger partial charge >= 0.3 is 11.9 Å². The van der Waals surface area contributed by atoms with Gasteiger partial charge in [0.15, 0.2) is 0 Å². The van der Waals surface area contributed by atoms with Gasteiger partial charge < -0.3 is 20.8 Å². The first kappa shape index (κ1) is 26.5. The van der Waals surface area contributed by atoms with Crippen LogP contribution in [0.2, 0.25) is 0 Å². The van der Waals surface area contributed by atoms with Crippen molar-refractivity contribution in [3.05, 3.63) is 69.8 Å². The minimum atomic E-state index is -1.23. The van der Waals surface area contributed by atoms with Crippen molar-refractivity contribution in [1.29, 1.82) is 0 Å². The summed E-state index contributed by atoms with van der Waals surface area (Å²) in [6, 6.07) is 8.22. The Morgan fingerprint density at radius 2 is 1.05 bits per heavy atom. The SMILES string of the molecule is C#Cc1ccc(C(=O)NC2CCCC3C(NC(=O)c4ccc(C#C)cc4C(=O)O)CCCC23)c(C(=O)O)c1. The fraction of sp³-hybridized carbons (Fsp3) is 0.333. The topological polar surface area (TPSA) is 133 Å². The maximum Gasteiger partial charge on any atom is 0.336 e. The quantitative estimate of drug-likeness (QED) is 0.438. The maximum absolute atomic E-state index is 13.1. The molecular weight excluding hydrogens is 484 g/mol. The number of rotatable bonds is 6. The van der Waals surface area contributed by atoms with Crippen LogP contribution in [0.3, 0.4) is 0 Å². The van der Waals surface area contributed by atoms with E-state index in [2.05, 4.69) is 22.5 Å². The van der Waals surface area contributed by atoms with Crippen LogP contribution < -0.4 is 10.6 Å². The number of amides is 2. The van der Waals surface area contributed by atoms with Crippen LogP contribution in [0.25, 0.3) is 0 Å². The van der Waals surface area contributed by atoms with Gasteiger partial charge in [-0.1, -0.05) is 24.7 Å². The van der Waals surface area contributed by atoms with Crippen molar-refractivity contribution in [3.63, 3.8) is 0 Å². The fourth-order valence-electron chi connectivity index (χ4n) is 5.87. The minimum Gasteiger partial charge on any atom is -0.478 e. The molecule has 4 rings (SSSR count). The zero-order chi connectivity index (χ0) is 27.4. The van der Waals surface area contributed by atoms with Crippen LogP contribution in [0.15, 0.2) is 36.4 Å². The van der Waals surface area contributed by atoms with E-state index in [-0.39, 0.29) is 46.2 Å². The van der Waals surface area contributed by atoms with Crippen LogP contribution in [0.5, 0.6) is 0 Å². The summed E-state index contributed by atoms with van der Waals surface area (Å²) in [6.07, 6.45) is 15.6. The Balaban J connectivity index is 1.51. The second-order valence-electron chi connectivity index (χ2n) is 9.77. The molecule has 2 aliphatic carbocycles. The number of carboxylic acid groups (broad SMARTS) is 2. The van der Waals surface area contributed by atoms with Gasteiger partial charge in [0.2, 0.25) is 0 Å². The van der Waals surface area contributed by atoms with E-state index >= 15 is 0 Å². The smallest absolute Gasteiger partial charge is 0.336 e. The monoisotopic (exact) mass is 512 g/mol. The molecule has 2 amide bonds. The number of nitrogens with one attached hydrogen (secondary N) is 2. The third-order valence-electron chi connectivity index (χ3n) is 7.64. The Hall–Kier alpha value is -4.56. The normalized spacial score (nSPS) is 22.2. The van der Waals surface area contributed by atoms with Gasteiger partial charge in [-0.05, 0) is 73.9 Å². The van der Waals surface area contributed by atoms with Crippen molar-refractivity contribution in [3.8, 4) is 24.7 Å². The third-order valence-corrected chi connectivity index (χ3v) is 7.64. The van der Waals surface area contributed by atoms with Crippen LogP contribution in [0, 0.1) is 36.5 Å². The lowest BCUT2D eigenvalue weighted by Crippen LogP contribution is -2.54. The van der Waals surface area contributed by atoms with Gasteiger partial charge in [-0.15, -0.1) is 12.8 Å². The van der Waals surface area contributed by atoms with Gasteiger partial charge in [0.05, 0.1) is 22.3 Å². The summed E-state index contributed by atoms with van der Waals surface area (Å²) in [5.41, 5.74) is 0.560. The summed E-state index contributed by atoms with van der Waals surface area (Å²) >= 11 is 0. The Labute approximate surface area is 220 Å². The summed E-state index contributed by atoms with van der Waals surface area (Å²) < 4.78 is 0. The number of fused-ring (bicyclic) bond motifs is 1. The van der Waals surface area contributed by atoms with Crippen molar-refractivity contribution in [2.75, 3.05) is 0 Å². The van der Waals surface area contributed by atoms with Gasteiger partial charge in [0, 0.05) is 23.2 Å². The van der Waals surface area contributed by atoms with Gasteiger partial charge in [0.1, 0.15) is 0 Å². The fourth-order valence-corrected chi connectivity index (χ4v) is 5.87. The van der Waals surface area contributed by atoms with Crippen molar-refractivity contribution in [2.24, 2.45) is 11.8 Å². The lowest BCUT2D eigenvalue weighted by Gasteiger charge is -2.46. The number of hydrogen-bond acceptors (Lipinski definition) is 4. The Morgan fingerprint density at radius 3 is 1.39 bits per heavy atom. The highest BCUT2D eigenvalue weighted by Crippen LogP contribution is 2.41. The van der Waals surface area contributed by atoms with E-state index in [4.69, 9.17) is 12.8 Å². The first-order valence-electron chi connectivity index (χ1n) is 12.5. The zero-order valence-corrected chi connectivity index (χ0v) is 20.7. The average molecular weight is 513 g/mol. The molecule has 8 heteroatoms. The summed E-state index contributed by atoms with van der Waals surface area (Å²) in [7, 11) is 0. The molecule has 8 nitrogen and oxygen atoms in total. The molecule has 2 aliphatic rings. The molecule has 0 heterocycles. The molecule has 38 heavy (non-hydrogen) atoms. The highest BCUT2D eigenvalue weighted by molar-refractivity contribution is 6.06. The standard InChI is InChI=1S/C30H28N2O6/c1-3-17-11-13-21(23(15-17)29(35)36)27(33)31-25-9-5-8-20-19(25)7-6-10-26(20)32-28(34)22-14-12-18(4-2)16-24(22)30(37)38/h1-2,11-16,19-20,25-26H,5-10H2,(H,31,33)(H,32,34)(H,35,36)(H,37,38). The van der Waals surface area contributed by atoms with Gasteiger partial charge in [-0.3, -0.25) is 9.59 Å². The van der Waals surface area contributed by atoms with Crippen LogP contribution in [0.1, 0.15) is 91.1 Å². The zero-order valence-electron chi connectivity index (χ0n) is 20.7. The van der Waals surface area contributed by atoms with E-state index in [0.29, 0.717) is 11.1 Å². The van der Waals surface area contributed by atoms with E-state index in [0.717, 1.165) is 38.5 Å². The molecule has 4 atom stereocenters. The first-order chi connectivity index (χ1) is 18.2. The van der Waals surface area contributed by atoms with E-state index in [1.54, 1.807) is 12.1 Å². The molecule has 0 radical (unpaired) electrons. The Morgan fingerprint density at radius 1 is 0.658 bits per heavy atom. The Bertz CT molecular complexity index is 1280. The van der Waals surface area contributed by atoms with Crippen LogP contribution in [0.4, 0.5) is 0 Å². The van der Waals surface area contributed by atoms with E-state index < -0.39 is 23.8 Å². The molecule has 2 fully saturated rings. The molecule has 0 aromatic heterocycles. The molecule has 0 bridgehead atoms. The lowest BCUT2D eigenvalue weighted by molar-refractivity contribution is 0.0645. The predicted molar refractivity (Wildman–Crippen MR) is 140 cm³/mol. The predicted octanol–water partition coefficient (Wildman–Crippen LogP) is 3.54. The maximum atomic E-state index is 13.1. The molecule has 0 saturated heterocycles. The number of hydrogen-bond donors (Lipinski definition) is 4. The Kier molecular flexibility index (Phi) is 7.83. The van der Waals surface area contributed by atoms with Crippen molar-refractivity contribution in [2.45, 2.75) is 50.6 Å². The number of carboxylic acids is 2. The van der Waals surface area contributed by atoms with Gasteiger partial charge in [-0.2, -0.15) is 0 Å². The molecule has 4 N–H and O–H groups in total. The molecular formula is C30H28N2O6. The van der Waals surface area contributed by atoms with Crippen molar-refractivity contribution in [1.82, 2.24) is 10.6 Å². The highest BCUT2D eigenvalue weighted by atomic mass is 16.4. The molecule has 194 valence electrons. The molecule has 4 unspecified atom stereocenters. The van der Waals surface area contributed by atoms with E-state index in [1.807, 2.05) is 0 Å².